The molecule has 1 N–H and O–H groups in total. The minimum atomic E-state index is -0.275. The van der Waals surface area contributed by atoms with E-state index in [1.165, 1.54) is 18.4 Å². The van der Waals surface area contributed by atoms with Crippen molar-refractivity contribution in [3.63, 3.8) is 0 Å². The predicted octanol–water partition coefficient (Wildman–Crippen LogP) is 6.66. The van der Waals surface area contributed by atoms with Crippen molar-refractivity contribution in [3.05, 3.63) is 64.7 Å². The van der Waals surface area contributed by atoms with Gasteiger partial charge < -0.3 is 5.11 Å². The molecule has 1 unspecified atom stereocenters. The minimum absolute atomic E-state index is 0.272. The summed E-state index contributed by atoms with van der Waals surface area (Å²) in [6.45, 7) is 13.1. The molecule has 0 spiro atoms. The Hall–Kier alpha value is -2.09. The summed E-state index contributed by atoms with van der Waals surface area (Å²) in [5, 5.41) is 11.0. The van der Waals surface area contributed by atoms with Crippen LogP contribution < -0.4 is 0 Å². The second-order valence-corrected chi connectivity index (χ2v) is 8.69. The van der Waals surface area contributed by atoms with Gasteiger partial charge in [-0.15, -0.1) is 0 Å². The lowest BCUT2D eigenvalue weighted by Gasteiger charge is -2.28. The van der Waals surface area contributed by atoms with Crippen molar-refractivity contribution in [2.24, 2.45) is 10.9 Å². The Morgan fingerprint density at radius 1 is 1.04 bits per heavy atom. The normalized spacial score (nSPS) is 13.4. The van der Waals surface area contributed by atoms with Gasteiger partial charge in [0.15, 0.2) is 0 Å². The van der Waals surface area contributed by atoms with Crippen LogP contribution in [-0.4, -0.2) is 17.4 Å². The highest BCUT2D eigenvalue weighted by atomic mass is 16.3. The number of hydrogen-bond donors (Lipinski definition) is 1. The third-order valence-electron chi connectivity index (χ3n) is 5.32. The molecule has 0 heterocycles. The molecule has 0 bridgehead atoms. The molecule has 0 saturated carbocycles. The first-order chi connectivity index (χ1) is 12.7. The van der Waals surface area contributed by atoms with E-state index in [0.29, 0.717) is 5.75 Å². The molecule has 27 heavy (non-hydrogen) atoms. The maximum Gasteiger partial charge on any atom is 0.128 e. The Kier molecular flexibility index (Phi) is 7.24. The van der Waals surface area contributed by atoms with E-state index in [2.05, 4.69) is 59.7 Å². The number of aryl methyl sites for hydroxylation is 1. The first-order valence-corrected chi connectivity index (χ1v) is 10.1. The van der Waals surface area contributed by atoms with Crippen molar-refractivity contribution >= 4 is 6.21 Å². The lowest BCUT2D eigenvalue weighted by molar-refractivity contribution is 0.452. The van der Waals surface area contributed by atoms with E-state index in [-0.39, 0.29) is 11.5 Å². The highest BCUT2D eigenvalue weighted by molar-refractivity contribution is 5.85. The molecule has 2 nitrogen and oxygen atoms in total. The van der Waals surface area contributed by atoms with Gasteiger partial charge in [0, 0.05) is 28.8 Å². The van der Waals surface area contributed by atoms with Crippen LogP contribution in [0.2, 0.25) is 0 Å². The molecule has 2 heteroatoms. The molecular formula is C25H35NO. The van der Waals surface area contributed by atoms with Crippen LogP contribution in [0.25, 0.3) is 0 Å². The second-order valence-electron chi connectivity index (χ2n) is 8.69. The molecular weight excluding hydrogens is 330 g/mol. The molecule has 2 rings (SSSR count). The zero-order valence-corrected chi connectivity index (χ0v) is 17.8. The Morgan fingerprint density at radius 3 is 2.33 bits per heavy atom. The van der Waals surface area contributed by atoms with Gasteiger partial charge in [-0.25, -0.2) is 0 Å². The number of phenols is 1. The Balaban J connectivity index is 2.26. The molecule has 146 valence electrons. The van der Waals surface area contributed by atoms with Crippen LogP contribution >= 0.6 is 0 Å². The van der Waals surface area contributed by atoms with Crippen LogP contribution in [0.15, 0.2) is 47.5 Å². The fourth-order valence-corrected chi connectivity index (χ4v) is 3.50. The monoisotopic (exact) mass is 365 g/mol. The topological polar surface area (TPSA) is 32.6 Å². The largest absolute Gasteiger partial charge is 0.507 e. The molecule has 1 atom stereocenters. The summed E-state index contributed by atoms with van der Waals surface area (Å²) in [7, 11) is 0. The van der Waals surface area contributed by atoms with Crippen LogP contribution in [0.1, 0.15) is 76.1 Å². The molecule has 0 saturated heterocycles. The van der Waals surface area contributed by atoms with Gasteiger partial charge in [0.2, 0.25) is 0 Å². The maximum atomic E-state index is 11.0. The van der Waals surface area contributed by atoms with Crippen LogP contribution in [0.5, 0.6) is 5.75 Å². The number of aliphatic imine (C=N–C) groups is 1. The SMILES string of the molecule is Cc1cc(C=NC(C)CCCC(C)C)c(O)c(C(C)(C)c2ccccc2)c1. The summed E-state index contributed by atoms with van der Waals surface area (Å²) < 4.78 is 0. The Bertz CT molecular complexity index is 759. The summed E-state index contributed by atoms with van der Waals surface area (Å²) in [5.74, 6) is 1.08. The van der Waals surface area contributed by atoms with Crippen LogP contribution in [0.4, 0.5) is 0 Å². The molecule has 0 amide bonds. The molecule has 0 aromatic heterocycles. The average Bonchev–Trinajstić information content (AvgIpc) is 2.62. The lowest BCUT2D eigenvalue weighted by atomic mass is 9.76. The zero-order chi connectivity index (χ0) is 20.0. The number of benzene rings is 2. The van der Waals surface area contributed by atoms with E-state index in [1.807, 2.05) is 30.5 Å². The fourth-order valence-electron chi connectivity index (χ4n) is 3.50. The first-order valence-electron chi connectivity index (χ1n) is 10.1. The first kappa shape index (κ1) is 21.2. The summed E-state index contributed by atoms with van der Waals surface area (Å²) in [4.78, 5) is 4.70. The van der Waals surface area contributed by atoms with Crippen molar-refractivity contribution in [3.8, 4) is 5.75 Å². The molecule has 0 aliphatic carbocycles. The quantitative estimate of drug-likeness (QED) is 0.521. The molecule has 0 radical (unpaired) electrons. The number of hydrogen-bond acceptors (Lipinski definition) is 2. The standard InChI is InChI=1S/C25H35NO/c1-18(2)11-10-12-20(4)26-17-21-15-19(3)16-23(24(21)27)25(5,6)22-13-8-7-9-14-22/h7-9,13-18,20,27H,10-12H2,1-6H3. The van der Waals surface area contributed by atoms with Crippen LogP contribution in [0.3, 0.4) is 0 Å². The van der Waals surface area contributed by atoms with E-state index in [1.54, 1.807) is 0 Å². The van der Waals surface area contributed by atoms with Gasteiger partial charge >= 0.3 is 0 Å². The van der Waals surface area contributed by atoms with E-state index in [0.717, 1.165) is 29.0 Å². The van der Waals surface area contributed by atoms with Gasteiger partial charge in [-0.3, -0.25) is 4.99 Å². The number of phenolic OH excluding ortho intramolecular Hbond substituents is 1. The van der Waals surface area contributed by atoms with Crippen molar-refractivity contribution in [1.82, 2.24) is 0 Å². The molecule has 2 aromatic carbocycles. The highest BCUT2D eigenvalue weighted by Crippen LogP contribution is 2.38. The van der Waals surface area contributed by atoms with Gasteiger partial charge in [0.1, 0.15) is 5.75 Å². The van der Waals surface area contributed by atoms with Gasteiger partial charge in [0.05, 0.1) is 0 Å². The zero-order valence-electron chi connectivity index (χ0n) is 17.8. The van der Waals surface area contributed by atoms with E-state index in [4.69, 9.17) is 4.99 Å². The number of nitrogens with zero attached hydrogens (tertiary/aromatic N) is 1. The highest BCUT2D eigenvalue weighted by Gasteiger charge is 2.27. The van der Waals surface area contributed by atoms with E-state index >= 15 is 0 Å². The van der Waals surface area contributed by atoms with Crippen LogP contribution in [0, 0.1) is 12.8 Å². The van der Waals surface area contributed by atoms with Gasteiger partial charge in [0.25, 0.3) is 0 Å². The predicted molar refractivity (Wildman–Crippen MR) is 117 cm³/mol. The van der Waals surface area contributed by atoms with Gasteiger partial charge in [-0.2, -0.15) is 0 Å². The minimum Gasteiger partial charge on any atom is -0.507 e. The summed E-state index contributed by atoms with van der Waals surface area (Å²) in [5.41, 5.74) is 3.81. The molecule has 2 aromatic rings. The maximum absolute atomic E-state index is 11.0. The van der Waals surface area contributed by atoms with Gasteiger partial charge in [-0.05, 0) is 43.4 Å². The number of rotatable bonds is 8. The molecule has 0 fully saturated rings. The molecule has 0 aliphatic heterocycles. The fraction of sp³-hybridized carbons (Fsp3) is 0.480. The second kappa shape index (κ2) is 9.21. The van der Waals surface area contributed by atoms with Crippen LogP contribution in [-0.2, 0) is 5.41 Å². The van der Waals surface area contributed by atoms with Gasteiger partial charge in [-0.1, -0.05) is 76.9 Å². The van der Waals surface area contributed by atoms with Crippen molar-refractivity contribution in [2.45, 2.75) is 72.3 Å². The van der Waals surface area contributed by atoms with Crippen molar-refractivity contribution in [1.29, 1.82) is 0 Å². The summed E-state index contributed by atoms with van der Waals surface area (Å²) in [6.07, 6.45) is 5.38. The Labute approximate surface area is 165 Å². The smallest absolute Gasteiger partial charge is 0.128 e. The summed E-state index contributed by atoms with van der Waals surface area (Å²) in [6, 6.07) is 14.7. The third-order valence-corrected chi connectivity index (χ3v) is 5.32. The summed E-state index contributed by atoms with van der Waals surface area (Å²) >= 11 is 0. The third kappa shape index (κ3) is 5.69. The average molecular weight is 366 g/mol. The van der Waals surface area contributed by atoms with E-state index < -0.39 is 0 Å². The molecule has 0 aliphatic rings. The number of aromatic hydroxyl groups is 1. The van der Waals surface area contributed by atoms with Crippen molar-refractivity contribution in [2.75, 3.05) is 0 Å². The lowest BCUT2D eigenvalue weighted by Crippen LogP contribution is -2.19. The Morgan fingerprint density at radius 2 is 1.70 bits per heavy atom. The van der Waals surface area contributed by atoms with E-state index in [9.17, 15) is 5.11 Å². The van der Waals surface area contributed by atoms with Crippen molar-refractivity contribution < 1.29 is 5.11 Å².